The van der Waals surface area contributed by atoms with E-state index < -0.39 is 11.6 Å². The fraction of sp³-hybridized carbons (Fsp3) is 0.400. The summed E-state index contributed by atoms with van der Waals surface area (Å²) in [6.07, 6.45) is 1.59. The van der Waals surface area contributed by atoms with Crippen molar-refractivity contribution in [3.8, 4) is 0 Å². The average Bonchev–Trinajstić information content (AvgIpc) is 2.87. The van der Waals surface area contributed by atoms with Gasteiger partial charge in [0, 0.05) is 6.42 Å². The van der Waals surface area contributed by atoms with Crippen LogP contribution in [0.25, 0.3) is 10.2 Å². The second kappa shape index (κ2) is 6.85. The van der Waals surface area contributed by atoms with Gasteiger partial charge in [0.05, 0.1) is 21.8 Å². The molecular weight excluding hydrogens is 304 g/mol. The number of rotatable bonds is 7. The van der Waals surface area contributed by atoms with Crippen LogP contribution in [-0.4, -0.2) is 39.2 Å². The number of thiazole rings is 1. The summed E-state index contributed by atoms with van der Waals surface area (Å²) in [7, 11) is 0. The van der Waals surface area contributed by atoms with E-state index in [1.165, 1.54) is 0 Å². The average molecular weight is 322 g/mol. The first-order valence-electron chi connectivity index (χ1n) is 6.95. The second-order valence-corrected chi connectivity index (χ2v) is 6.40. The van der Waals surface area contributed by atoms with Crippen molar-refractivity contribution in [1.29, 1.82) is 0 Å². The van der Waals surface area contributed by atoms with Crippen LogP contribution in [0.5, 0.6) is 0 Å². The molecule has 1 heterocycles. The van der Waals surface area contributed by atoms with E-state index in [0.717, 1.165) is 22.1 Å². The van der Waals surface area contributed by atoms with Crippen molar-refractivity contribution < 1.29 is 19.8 Å². The van der Waals surface area contributed by atoms with Gasteiger partial charge in [0.25, 0.3) is 0 Å². The number of carbonyl (C=O) groups is 2. The van der Waals surface area contributed by atoms with E-state index in [2.05, 4.69) is 10.3 Å². The van der Waals surface area contributed by atoms with Crippen molar-refractivity contribution in [2.75, 3.05) is 6.54 Å². The molecule has 1 unspecified atom stereocenters. The molecule has 6 nitrogen and oxygen atoms in total. The van der Waals surface area contributed by atoms with Gasteiger partial charge in [-0.3, -0.25) is 4.79 Å². The Bertz CT molecular complexity index is 648. The molecule has 0 saturated carbocycles. The maximum atomic E-state index is 11.6. The Morgan fingerprint density at radius 2 is 2.09 bits per heavy atom. The molecule has 118 valence electrons. The molecule has 0 saturated heterocycles. The number of benzene rings is 1. The molecule has 1 atom stereocenters. The Morgan fingerprint density at radius 1 is 1.36 bits per heavy atom. The topological polar surface area (TPSA) is 99.5 Å². The zero-order valence-corrected chi connectivity index (χ0v) is 13.0. The predicted octanol–water partition coefficient (Wildman–Crippen LogP) is 1.57. The maximum absolute atomic E-state index is 11.6. The largest absolute Gasteiger partial charge is 0.479 e. The quantitative estimate of drug-likeness (QED) is 0.718. The summed E-state index contributed by atoms with van der Waals surface area (Å²) < 4.78 is 1.12. The van der Waals surface area contributed by atoms with Gasteiger partial charge in [-0.15, -0.1) is 11.3 Å². The Kier molecular flexibility index (Phi) is 5.10. The number of aromatic nitrogens is 1. The third-order valence-corrected chi connectivity index (χ3v) is 4.32. The van der Waals surface area contributed by atoms with E-state index >= 15 is 0 Å². The molecule has 3 N–H and O–H groups in total. The molecule has 0 bridgehead atoms. The third-order valence-electron chi connectivity index (χ3n) is 3.22. The number of carboxylic acids is 1. The van der Waals surface area contributed by atoms with Gasteiger partial charge in [-0.2, -0.15) is 0 Å². The van der Waals surface area contributed by atoms with E-state index in [1.807, 2.05) is 24.3 Å². The zero-order chi connectivity index (χ0) is 16.2. The fourth-order valence-electron chi connectivity index (χ4n) is 1.86. The van der Waals surface area contributed by atoms with Gasteiger partial charge in [-0.1, -0.05) is 12.1 Å². The minimum atomic E-state index is -1.94. The molecule has 0 aliphatic heterocycles. The van der Waals surface area contributed by atoms with Crippen molar-refractivity contribution >= 4 is 33.4 Å². The normalized spacial score (nSPS) is 13.7. The third kappa shape index (κ3) is 4.25. The molecule has 2 rings (SSSR count). The van der Waals surface area contributed by atoms with E-state index in [1.54, 1.807) is 11.3 Å². The lowest BCUT2D eigenvalue weighted by Crippen LogP contribution is -2.46. The smallest absolute Gasteiger partial charge is 0.337 e. The molecule has 1 aromatic heterocycles. The molecule has 7 heteroatoms. The number of carboxylic acid groups (broad SMARTS) is 1. The molecule has 0 fully saturated rings. The lowest BCUT2D eigenvalue weighted by molar-refractivity contribution is -0.156. The monoisotopic (exact) mass is 322 g/mol. The van der Waals surface area contributed by atoms with Crippen molar-refractivity contribution in [1.82, 2.24) is 10.3 Å². The summed E-state index contributed by atoms with van der Waals surface area (Å²) in [5, 5.41) is 21.7. The van der Waals surface area contributed by atoms with E-state index in [4.69, 9.17) is 5.11 Å². The number of nitrogens with one attached hydrogen (secondary N) is 1. The van der Waals surface area contributed by atoms with E-state index in [9.17, 15) is 14.7 Å². The number of aliphatic carboxylic acids is 1. The minimum absolute atomic E-state index is 0.269. The van der Waals surface area contributed by atoms with Gasteiger partial charge in [0.2, 0.25) is 5.91 Å². The van der Waals surface area contributed by atoms with Crippen LogP contribution in [0.2, 0.25) is 0 Å². The van der Waals surface area contributed by atoms with Crippen LogP contribution in [0.15, 0.2) is 24.3 Å². The van der Waals surface area contributed by atoms with Crippen LogP contribution in [0.1, 0.15) is 24.8 Å². The van der Waals surface area contributed by atoms with Crippen molar-refractivity contribution in [3.63, 3.8) is 0 Å². The first-order valence-corrected chi connectivity index (χ1v) is 7.77. The van der Waals surface area contributed by atoms with Gasteiger partial charge >= 0.3 is 5.97 Å². The molecule has 2 aromatic rings. The maximum Gasteiger partial charge on any atom is 0.337 e. The first kappa shape index (κ1) is 16.4. The summed E-state index contributed by atoms with van der Waals surface area (Å²) in [6.45, 7) is 0.846. The van der Waals surface area contributed by atoms with Gasteiger partial charge in [-0.05, 0) is 31.9 Å². The van der Waals surface area contributed by atoms with Gasteiger partial charge < -0.3 is 15.5 Å². The van der Waals surface area contributed by atoms with Crippen LogP contribution >= 0.6 is 11.3 Å². The first-order chi connectivity index (χ1) is 10.4. The molecular formula is C15H18N2O4S. The lowest BCUT2D eigenvalue weighted by atomic mass is 10.1. The van der Waals surface area contributed by atoms with Gasteiger partial charge in [0.15, 0.2) is 5.60 Å². The number of para-hydroxylation sites is 1. The molecule has 1 amide bonds. The Labute approximate surface area is 131 Å². The van der Waals surface area contributed by atoms with Crippen LogP contribution in [0, 0.1) is 0 Å². The molecule has 1 aromatic carbocycles. The SMILES string of the molecule is CC(O)(CNC(=O)CCCc1nc2ccccc2s1)C(=O)O. The number of hydrogen-bond donors (Lipinski definition) is 3. The Hall–Kier alpha value is -1.99. The fourth-order valence-corrected chi connectivity index (χ4v) is 2.87. The standard InChI is InChI=1S/C15H18N2O4S/c1-15(21,14(19)20)9-16-12(18)7-4-8-13-17-10-5-2-3-6-11(10)22-13/h2-3,5-6,21H,4,7-9H2,1H3,(H,16,18)(H,19,20). The predicted molar refractivity (Wildman–Crippen MR) is 83.8 cm³/mol. The number of amides is 1. The zero-order valence-electron chi connectivity index (χ0n) is 12.2. The highest BCUT2D eigenvalue weighted by atomic mass is 32.1. The van der Waals surface area contributed by atoms with Gasteiger partial charge in [0.1, 0.15) is 0 Å². The summed E-state index contributed by atoms with van der Waals surface area (Å²) in [4.78, 5) is 26.8. The summed E-state index contributed by atoms with van der Waals surface area (Å²) in [5.41, 5.74) is -0.979. The van der Waals surface area contributed by atoms with Crippen molar-refractivity contribution in [2.45, 2.75) is 31.8 Å². The number of nitrogens with zero attached hydrogens (tertiary/aromatic N) is 1. The van der Waals surface area contributed by atoms with Crippen molar-refractivity contribution in [3.05, 3.63) is 29.3 Å². The molecule has 22 heavy (non-hydrogen) atoms. The summed E-state index contributed by atoms with van der Waals surface area (Å²) in [6, 6.07) is 7.87. The molecule has 0 radical (unpaired) electrons. The molecule has 0 spiro atoms. The number of aliphatic hydroxyl groups is 1. The summed E-state index contributed by atoms with van der Waals surface area (Å²) in [5.74, 6) is -1.63. The van der Waals surface area contributed by atoms with Crippen LogP contribution < -0.4 is 5.32 Å². The van der Waals surface area contributed by atoms with Gasteiger partial charge in [-0.25, -0.2) is 9.78 Å². The van der Waals surface area contributed by atoms with Crippen LogP contribution in [0.3, 0.4) is 0 Å². The van der Waals surface area contributed by atoms with Crippen LogP contribution in [0.4, 0.5) is 0 Å². The Balaban J connectivity index is 1.76. The van der Waals surface area contributed by atoms with E-state index in [0.29, 0.717) is 12.8 Å². The number of fused-ring (bicyclic) bond motifs is 1. The second-order valence-electron chi connectivity index (χ2n) is 5.28. The highest BCUT2D eigenvalue weighted by Crippen LogP contribution is 2.22. The molecule has 0 aliphatic rings. The highest BCUT2D eigenvalue weighted by molar-refractivity contribution is 7.18. The number of carbonyl (C=O) groups excluding carboxylic acids is 1. The van der Waals surface area contributed by atoms with E-state index in [-0.39, 0.29) is 18.9 Å². The van der Waals surface area contributed by atoms with Crippen molar-refractivity contribution in [2.24, 2.45) is 0 Å². The summed E-state index contributed by atoms with van der Waals surface area (Å²) >= 11 is 1.61. The highest BCUT2D eigenvalue weighted by Gasteiger charge is 2.30. The number of aryl methyl sites for hydroxylation is 1. The minimum Gasteiger partial charge on any atom is -0.479 e. The number of hydrogen-bond acceptors (Lipinski definition) is 5. The van der Waals surface area contributed by atoms with Crippen LogP contribution in [-0.2, 0) is 16.0 Å². The molecule has 0 aliphatic carbocycles. The lowest BCUT2D eigenvalue weighted by Gasteiger charge is -2.18. The Morgan fingerprint density at radius 3 is 2.77 bits per heavy atom.